The maximum Gasteiger partial charge on any atom is 0.271 e. The first-order valence-corrected chi connectivity index (χ1v) is 8.16. The number of hydrogen-bond acceptors (Lipinski definition) is 4. The molecule has 6 heteroatoms. The number of aryl methyl sites for hydroxylation is 1. The predicted octanol–water partition coefficient (Wildman–Crippen LogP) is 4.58. The number of carbonyl (C=O) groups excluding carboxylic acids is 1. The van der Waals surface area contributed by atoms with Crippen LogP contribution in [0.25, 0.3) is 0 Å². The summed E-state index contributed by atoms with van der Waals surface area (Å²) in [6, 6.07) is 11.4. The molecule has 0 fully saturated rings. The lowest BCUT2D eigenvalue weighted by molar-refractivity contribution is -0.384. The summed E-state index contributed by atoms with van der Waals surface area (Å²) >= 11 is 0. The standard InChI is InChI=1S/C19H22N2O4/c1-13(2)10-11-25-18-7-5-4-6-16(18)19(22)20-17-12-15(21(23)24)9-8-14(17)3/h4-9,12-13H,10-11H2,1-3H3,(H,20,22). The molecular formula is C19H22N2O4. The fourth-order valence-corrected chi connectivity index (χ4v) is 2.23. The van der Waals surface area contributed by atoms with Crippen LogP contribution in [-0.2, 0) is 0 Å². The third-order valence-corrected chi connectivity index (χ3v) is 3.76. The molecule has 2 rings (SSSR count). The molecule has 0 heterocycles. The van der Waals surface area contributed by atoms with Crippen molar-refractivity contribution in [1.29, 1.82) is 0 Å². The first-order valence-electron chi connectivity index (χ1n) is 8.16. The number of non-ortho nitro benzene ring substituents is 1. The van der Waals surface area contributed by atoms with E-state index in [0.717, 1.165) is 12.0 Å². The summed E-state index contributed by atoms with van der Waals surface area (Å²) in [5.41, 5.74) is 1.49. The molecular weight excluding hydrogens is 320 g/mol. The molecule has 25 heavy (non-hydrogen) atoms. The number of benzene rings is 2. The summed E-state index contributed by atoms with van der Waals surface area (Å²) in [6.07, 6.45) is 0.889. The van der Waals surface area contributed by atoms with Crippen LogP contribution < -0.4 is 10.1 Å². The van der Waals surface area contributed by atoms with E-state index in [1.165, 1.54) is 12.1 Å². The van der Waals surface area contributed by atoms with Gasteiger partial charge in [-0.1, -0.05) is 32.0 Å². The normalized spacial score (nSPS) is 10.6. The van der Waals surface area contributed by atoms with Crippen molar-refractivity contribution >= 4 is 17.3 Å². The average molecular weight is 342 g/mol. The molecule has 0 aliphatic rings. The third kappa shape index (κ3) is 5.04. The van der Waals surface area contributed by atoms with Gasteiger partial charge in [-0.05, 0) is 37.0 Å². The van der Waals surface area contributed by atoms with Crippen molar-refractivity contribution in [2.75, 3.05) is 11.9 Å². The van der Waals surface area contributed by atoms with Crippen LogP contribution in [0.2, 0.25) is 0 Å². The number of hydrogen-bond donors (Lipinski definition) is 1. The lowest BCUT2D eigenvalue weighted by Crippen LogP contribution is -2.15. The number of carbonyl (C=O) groups is 1. The van der Waals surface area contributed by atoms with Gasteiger partial charge in [0.25, 0.3) is 11.6 Å². The second-order valence-corrected chi connectivity index (χ2v) is 6.24. The summed E-state index contributed by atoms with van der Waals surface area (Å²) < 4.78 is 5.73. The molecule has 0 unspecified atom stereocenters. The van der Waals surface area contributed by atoms with E-state index < -0.39 is 4.92 Å². The van der Waals surface area contributed by atoms with Crippen LogP contribution in [-0.4, -0.2) is 17.4 Å². The van der Waals surface area contributed by atoms with Crippen molar-refractivity contribution in [3.63, 3.8) is 0 Å². The zero-order chi connectivity index (χ0) is 18.4. The zero-order valence-electron chi connectivity index (χ0n) is 14.6. The van der Waals surface area contributed by atoms with Gasteiger partial charge in [-0.15, -0.1) is 0 Å². The topological polar surface area (TPSA) is 81.5 Å². The summed E-state index contributed by atoms with van der Waals surface area (Å²) in [7, 11) is 0. The van der Waals surface area contributed by atoms with Crippen LogP contribution in [0.1, 0.15) is 36.2 Å². The van der Waals surface area contributed by atoms with Gasteiger partial charge < -0.3 is 10.1 Å². The predicted molar refractivity (Wildman–Crippen MR) is 97.2 cm³/mol. The van der Waals surface area contributed by atoms with Crippen LogP contribution in [0.3, 0.4) is 0 Å². The number of para-hydroxylation sites is 1. The van der Waals surface area contributed by atoms with Crippen molar-refractivity contribution < 1.29 is 14.5 Å². The third-order valence-electron chi connectivity index (χ3n) is 3.76. The first-order chi connectivity index (χ1) is 11.9. The van der Waals surface area contributed by atoms with E-state index in [4.69, 9.17) is 4.74 Å². The van der Waals surface area contributed by atoms with Crippen LogP contribution in [0.5, 0.6) is 5.75 Å². The van der Waals surface area contributed by atoms with Gasteiger partial charge in [-0.25, -0.2) is 0 Å². The van der Waals surface area contributed by atoms with Crippen molar-refractivity contribution in [3.05, 3.63) is 63.7 Å². The Hall–Kier alpha value is -2.89. The molecule has 0 bridgehead atoms. The van der Waals surface area contributed by atoms with Crippen LogP contribution in [0.4, 0.5) is 11.4 Å². The highest BCUT2D eigenvalue weighted by atomic mass is 16.6. The van der Waals surface area contributed by atoms with Crippen LogP contribution >= 0.6 is 0 Å². The molecule has 0 saturated carbocycles. The quantitative estimate of drug-likeness (QED) is 0.590. The highest BCUT2D eigenvalue weighted by Gasteiger charge is 2.15. The highest BCUT2D eigenvalue weighted by molar-refractivity contribution is 6.06. The maximum atomic E-state index is 12.6. The Labute approximate surface area is 147 Å². The first kappa shape index (κ1) is 18.4. The van der Waals surface area contributed by atoms with Gasteiger partial charge in [-0.3, -0.25) is 14.9 Å². The van der Waals surface area contributed by atoms with Gasteiger partial charge in [0.1, 0.15) is 5.75 Å². The molecule has 2 aromatic rings. The molecule has 132 valence electrons. The number of nitrogens with zero attached hydrogens (tertiary/aromatic N) is 1. The van der Waals surface area contributed by atoms with E-state index in [1.807, 2.05) is 0 Å². The number of ether oxygens (including phenoxy) is 1. The summed E-state index contributed by atoms with van der Waals surface area (Å²) in [4.78, 5) is 23.0. The largest absolute Gasteiger partial charge is 0.493 e. The Morgan fingerprint density at radius 1 is 1.24 bits per heavy atom. The number of nitro benzene ring substituents is 1. The fourth-order valence-electron chi connectivity index (χ4n) is 2.23. The minimum Gasteiger partial charge on any atom is -0.493 e. The van der Waals surface area contributed by atoms with E-state index in [9.17, 15) is 14.9 Å². The minimum absolute atomic E-state index is 0.0673. The van der Waals surface area contributed by atoms with E-state index >= 15 is 0 Å². The van der Waals surface area contributed by atoms with Crippen molar-refractivity contribution in [1.82, 2.24) is 0 Å². The molecule has 1 N–H and O–H groups in total. The van der Waals surface area contributed by atoms with Crippen molar-refractivity contribution in [2.45, 2.75) is 27.2 Å². The summed E-state index contributed by atoms with van der Waals surface area (Å²) in [5, 5.41) is 13.7. The number of nitro groups is 1. The molecule has 1 amide bonds. The Morgan fingerprint density at radius 2 is 1.96 bits per heavy atom. The fraction of sp³-hybridized carbons (Fsp3) is 0.316. The van der Waals surface area contributed by atoms with E-state index in [-0.39, 0.29) is 11.6 Å². The van der Waals surface area contributed by atoms with Gasteiger partial charge in [0, 0.05) is 12.1 Å². The van der Waals surface area contributed by atoms with Gasteiger partial charge >= 0.3 is 0 Å². The molecule has 0 aliphatic carbocycles. The average Bonchev–Trinajstić information content (AvgIpc) is 2.56. The molecule has 0 aliphatic heterocycles. The molecule has 0 saturated heterocycles. The Bertz CT molecular complexity index is 772. The summed E-state index contributed by atoms with van der Waals surface area (Å²) in [5.74, 6) is 0.654. The molecule has 0 spiro atoms. The zero-order valence-corrected chi connectivity index (χ0v) is 14.6. The van der Waals surface area contributed by atoms with E-state index in [0.29, 0.717) is 29.5 Å². The van der Waals surface area contributed by atoms with Crippen molar-refractivity contribution in [3.8, 4) is 5.75 Å². The van der Waals surface area contributed by atoms with Gasteiger partial charge in [-0.2, -0.15) is 0 Å². The second kappa shape index (κ2) is 8.28. The number of rotatable bonds is 7. The number of anilines is 1. The monoisotopic (exact) mass is 342 g/mol. The minimum atomic E-state index is -0.488. The molecule has 6 nitrogen and oxygen atoms in total. The molecule has 0 radical (unpaired) electrons. The van der Waals surface area contributed by atoms with Gasteiger partial charge in [0.05, 0.1) is 22.8 Å². The highest BCUT2D eigenvalue weighted by Crippen LogP contribution is 2.25. The lowest BCUT2D eigenvalue weighted by Gasteiger charge is -2.13. The second-order valence-electron chi connectivity index (χ2n) is 6.24. The Morgan fingerprint density at radius 3 is 2.64 bits per heavy atom. The SMILES string of the molecule is Cc1ccc([N+](=O)[O-])cc1NC(=O)c1ccccc1OCCC(C)C. The molecule has 0 atom stereocenters. The van der Waals surface area contributed by atoms with E-state index in [2.05, 4.69) is 19.2 Å². The molecule has 2 aromatic carbocycles. The Balaban J connectivity index is 2.19. The number of nitrogens with one attached hydrogen (secondary N) is 1. The van der Waals surface area contributed by atoms with Crippen molar-refractivity contribution in [2.24, 2.45) is 5.92 Å². The van der Waals surface area contributed by atoms with Crippen LogP contribution in [0, 0.1) is 23.0 Å². The smallest absolute Gasteiger partial charge is 0.271 e. The summed E-state index contributed by atoms with van der Waals surface area (Å²) in [6.45, 7) is 6.52. The molecule has 0 aromatic heterocycles. The van der Waals surface area contributed by atoms with Crippen LogP contribution in [0.15, 0.2) is 42.5 Å². The lowest BCUT2D eigenvalue weighted by atomic mass is 10.1. The van der Waals surface area contributed by atoms with Gasteiger partial charge in [0.2, 0.25) is 0 Å². The Kier molecular flexibility index (Phi) is 6.11. The maximum absolute atomic E-state index is 12.6. The number of amides is 1. The van der Waals surface area contributed by atoms with Gasteiger partial charge in [0.15, 0.2) is 0 Å². The van der Waals surface area contributed by atoms with E-state index in [1.54, 1.807) is 37.3 Å².